The van der Waals surface area contributed by atoms with Crippen LogP contribution < -0.4 is 10.7 Å². The maximum atomic E-state index is 14.8. The lowest BCUT2D eigenvalue weighted by Crippen LogP contribution is -2.65. The van der Waals surface area contributed by atoms with Crippen molar-refractivity contribution in [3.63, 3.8) is 0 Å². The van der Waals surface area contributed by atoms with Crippen LogP contribution in [0.25, 0.3) is 0 Å². The summed E-state index contributed by atoms with van der Waals surface area (Å²) in [4.78, 5) is 53.3. The zero-order chi connectivity index (χ0) is 33.5. The molecule has 0 spiro atoms. The van der Waals surface area contributed by atoms with Crippen LogP contribution in [-0.2, 0) is 27.3 Å². The second-order valence-electron chi connectivity index (χ2n) is 12.0. The molecule has 0 aliphatic carbocycles. The number of anilines is 1. The summed E-state index contributed by atoms with van der Waals surface area (Å²) in [6.45, 7) is 12.2. The molecule has 4 rings (SSSR count). The number of nitrogens with two attached hydrogens (primary N) is 1. The van der Waals surface area contributed by atoms with E-state index >= 15 is 0 Å². The first-order valence-corrected chi connectivity index (χ1v) is 15.4. The number of phenolic OH excluding ortho intramolecular Hbond substituents is 1. The highest BCUT2D eigenvalue weighted by Gasteiger charge is 2.38. The summed E-state index contributed by atoms with van der Waals surface area (Å²) in [6, 6.07) is 6.27. The first-order chi connectivity index (χ1) is 21.9. The van der Waals surface area contributed by atoms with Gasteiger partial charge in [-0.3, -0.25) is 30.0 Å². The Hall–Kier alpha value is -3.98. The number of hydrogen-bond donors (Lipinski definition) is 2. The first-order valence-electron chi connectivity index (χ1n) is 15.4. The van der Waals surface area contributed by atoms with E-state index < -0.39 is 53.8 Å². The standard InChI is InChI=1S/C32H44F2N8O4/c1-5-10-40(35)20-31(45)42(21-43)29(15-26-27(33)13-25(44)14-28(26)34)32(46)38(6-2)17-23-8-7-9-30(36-23)39-18-24(19-39)41-12-11-37(4)16-22(41)3/h5,7-9,13-14,21-22,24,29,44H,1,6,10-12,15-20,35H2,2-4H3/t22-,29-/m0/s1. The van der Waals surface area contributed by atoms with Crippen LogP contribution in [0.3, 0.4) is 0 Å². The average molecular weight is 643 g/mol. The van der Waals surface area contributed by atoms with Crippen molar-refractivity contribution >= 4 is 24.0 Å². The third-order valence-corrected chi connectivity index (χ3v) is 8.62. The van der Waals surface area contributed by atoms with E-state index in [1.165, 1.54) is 11.0 Å². The number of benzene rings is 1. The molecule has 46 heavy (non-hydrogen) atoms. The van der Waals surface area contributed by atoms with Gasteiger partial charge in [-0.2, -0.15) is 0 Å². The fourth-order valence-corrected chi connectivity index (χ4v) is 6.11. The number of rotatable bonds is 14. The van der Waals surface area contributed by atoms with Crippen LogP contribution in [0.4, 0.5) is 14.6 Å². The van der Waals surface area contributed by atoms with E-state index in [2.05, 4.69) is 35.3 Å². The average Bonchev–Trinajstić information content (AvgIpc) is 2.97. The molecule has 2 aliphatic rings. The van der Waals surface area contributed by atoms with Gasteiger partial charge in [-0.25, -0.2) is 18.8 Å². The number of aromatic nitrogens is 1. The van der Waals surface area contributed by atoms with E-state index in [4.69, 9.17) is 10.8 Å². The Morgan fingerprint density at radius 2 is 1.89 bits per heavy atom. The number of hydrogen-bond acceptors (Lipinski definition) is 10. The van der Waals surface area contributed by atoms with Gasteiger partial charge >= 0.3 is 0 Å². The molecule has 0 saturated carbocycles. The highest BCUT2D eigenvalue weighted by molar-refractivity contribution is 5.95. The molecular weight excluding hydrogens is 598 g/mol. The van der Waals surface area contributed by atoms with Crippen molar-refractivity contribution in [2.24, 2.45) is 5.84 Å². The molecule has 3 heterocycles. The Bertz CT molecular complexity index is 1380. The Kier molecular flexibility index (Phi) is 11.8. The predicted octanol–water partition coefficient (Wildman–Crippen LogP) is 1.20. The van der Waals surface area contributed by atoms with Gasteiger partial charge in [0.15, 0.2) is 0 Å². The van der Waals surface area contributed by atoms with Crippen LogP contribution in [0.5, 0.6) is 5.75 Å². The van der Waals surface area contributed by atoms with Crippen molar-refractivity contribution in [2.45, 2.75) is 44.9 Å². The summed E-state index contributed by atoms with van der Waals surface area (Å²) in [5.41, 5.74) is 0.0256. The van der Waals surface area contributed by atoms with Gasteiger partial charge in [0.1, 0.15) is 29.2 Å². The second kappa shape index (κ2) is 15.5. The number of pyridine rings is 1. The number of halogens is 2. The lowest BCUT2D eigenvalue weighted by atomic mass is 10.0. The molecule has 0 unspecified atom stereocenters. The summed E-state index contributed by atoms with van der Waals surface area (Å²) in [6.07, 6.45) is 0.962. The molecule has 2 saturated heterocycles. The first kappa shape index (κ1) is 34.9. The molecule has 3 amide bonds. The number of imide groups is 1. The van der Waals surface area contributed by atoms with Crippen molar-refractivity contribution in [3.8, 4) is 5.75 Å². The zero-order valence-electron chi connectivity index (χ0n) is 26.7. The van der Waals surface area contributed by atoms with Crippen molar-refractivity contribution < 1.29 is 28.3 Å². The lowest BCUT2D eigenvalue weighted by molar-refractivity contribution is -0.151. The van der Waals surface area contributed by atoms with Gasteiger partial charge in [-0.1, -0.05) is 12.1 Å². The molecule has 1 aromatic carbocycles. The van der Waals surface area contributed by atoms with Crippen molar-refractivity contribution in [1.82, 2.24) is 29.6 Å². The van der Waals surface area contributed by atoms with Gasteiger partial charge in [-0.15, -0.1) is 6.58 Å². The van der Waals surface area contributed by atoms with Crippen molar-refractivity contribution in [2.75, 3.05) is 64.3 Å². The topological polar surface area (TPSA) is 130 Å². The third kappa shape index (κ3) is 8.23. The lowest BCUT2D eigenvalue weighted by Gasteiger charge is -2.51. The summed E-state index contributed by atoms with van der Waals surface area (Å²) < 4.78 is 29.6. The number of aromatic hydroxyl groups is 1. The highest BCUT2D eigenvalue weighted by Crippen LogP contribution is 2.26. The maximum absolute atomic E-state index is 14.8. The molecule has 0 radical (unpaired) electrons. The normalized spacial score (nSPS) is 18.2. The van der Waals surface area contributed by atoms with Gasteiger partial charge in [0.05, 0.1) is 18.8 Å². The van der Waals surface area contributed by atoms with Gasteiger partial charge in [0.2, 0.25) is 18.2 Å². The number of likely N-dealkylation sites (N-methyl/N-ethyl adjacent to an activating group) is 2. The van der Waals surface area contributed by atoms with E-state index in [0.29, 0.717) is 34.8 Å². The smallest absolute Gasteiger partial charge is 0.246 e. The minimum absolute atomic E-state index is 0.0351. The fourth-order valence-electron chi connectivity index (χ4n) is 6.11. The number of carbonyl (C=O) groups excluding carboxylic acids is 3. The highest BCUT2D eigenvalue weighted by atomic mass is 19.1. The number of amides is 3. The molecule has 250 valence electrons. The molecule has 0 bridgehead atoms. The van der Waals surface area contributed by atoms with Crippen molar-refractivity contribution in [3.05, 3.63) is 65.9 Å². The third-order valence-electron chi connectivity index (χ3n) is 8.62. The van der Waals surface area contributed by atoms with E-state index in [1.807, 2.05) is 12.1 Å². The summed E-state index contributed by atoms with van der Waals surface area (Å²) in [5.74, 6) is 2.18. The number of piperazine rings is 1. The molecule has 3 N–H and O–H groups in total. The van der Waals surface area contributed by atoms with Crippen LogP contribution in [0.2, 0.25) is 0 Å². The van der Waals surface area contributed by atoms with E-state index in [1.54, 1.807) is 13.0 Å². The van der Waals surface area contributed by atoms with E-state index in [-0.39, 0.29) is 26.0 Å². The van der Waals surface area contributed by atoms with Gasteiger partial charge in [0, 0.05) is 82.0 Å². The molecule has 2 atom stereocenters. The van der Waals surface area contributed by atoms with Crippen molar-refractivity contribution in [1.29, 1.82) is 0 Å². The molecule has 1 aromatic heterocycles. The van der Waals surface area contributed by atoms with Crippen LogP contribution in [0.1, 0.15) is 25.1 Å². The molecule has 14 heteroatoms. The fraction of sp³-hybridized carbons (Fsp3) is 0.500. The Morgan fingerprint density at radius 3 is 2.50 bits per heavy atom. The maximum Gasteiger partial charge on any atom is 0.246 e. The number of carbonyl (C=O) groups is 3. The van der Waals surface area contributed by atoms with Crippen LogP contribution in [-0.4, -0.2) is 130 Å². The second-order valence-corrected chi connectivity index (χ2v) is 12.0. The van der Waals surface area contributed by atoms with Crippen LogP contribution in [0, 0.1) is 11.6 Å². The summed E-state index contributed by atoms with van der Waals surface area (Å²) >= 11 is 0. The SMILES string of the molecule is C=CCN(N)CC(=O)N(C=O)[C@@H](Cc1c(F)cc(O)cc1F)C(=O)N(CC)Cc1cccc(N2CC(N3CCN(C)C[C@@H]3C)C2)n1. The number of phenols is 1. The predicted molar refractivity (Wildman–Crippen MR) is 169 cm³/mol. The molecule has 2 fully saturated rings. The quantitative estimate of drug-likeness (QED) is 0.134. The van der Waals surface area contributed by atoms with Gasteiger partial charge in [-0.05, 0) is 33.0 Å². The van der Waals surface area contributed by atoms with Gasteiger partial charge < -0.3 is 19.8 Å². The Labute approximate surface area is 268 Å². The number of hydrazine groups is 1. The summed E-state index contributed by atoms with van der Waals surface area (Å²) in [5, 5.41) is 10.7. The largest absolute Gasteiger partial charge is 0.508 e. The van der Waals surface area contributed by atoms with Crippen LogP contribution in [0.15, 0.2) is 43.0 Å². The van der Waals surface area contributed by atoms with E-state index in [9.17, 15) is 28.3 Å². The zero-order valence-corrected chi connectivity index (χ0v) is 26.7. The van der Waals surface area contributed by atoms with Crippen LogP contribution >= 0.6 is 0 Å². The minimum atomic E-state index is -1.60. The molecule has 2 aromatic rings. The van der Waals surface area contributed by atoms with Gasteiger partial charge in [0.25, 0.3) is 0 Å². The molecule has 12 nitrogen and oxygen atoms in total. The van der Waals surface area contributed by atoms with E-state index in [0.717, 1.165) is 43.6 Å². The monoisotopic (exact) mass is 642 g/mol. The summed E-state index contributed by atoms with van der Waals surface area (Å²) in [7, 11) is 2.14. The molecule has 2 aliphatic heterocycles. The Morgan fingerprint density at radius 1 is 1.20 bits per heavy atom. The minimum Gasteiger partial charge on any atom is -0.508 e. The Balaban J connectivity index is 1.53. The number of nitrogens with zero attached hydrogens (tertiary/aromatic N) is 7. The molecular formula is C32H44F2N8O4.